The Balaban J connectivity index is 2.84. The maximum atomic E-state index is 13.1. The minimum Gasteiger partial charge on any atom is -0.321 e. The molecule has 0 spiro atoms. The average Bonchev–Trinajstić information content (AvgIpc) is 2.18. The molecule has 3 nitrogen and oxygen atoms in total. The first-order valence-electron chi connectivity index (χ1n) is 4.56. The number of Topliss-reactive ketones (excluding diaryl/α,β-unsaturated/α-hetero) is 1. The lowest BCUT2D eigenvalue weighted by Gasteiger charge is -2.08. The topological polar surface area (TPSA) is 56.0 Å². The Morgan fingerprint density at radius 1 is 1.71 bits per heavy atom. The molecule has 14 heavy (non-hydrogen) atoms. The van der Waals surface area contributed by atoms with Gasteiger partial charge in [0.1, 0.15) is 0 Å². The second-order valence-electron chi connectivity index (χ2n) is 3.11. The average molecular weight is 196 g/mol. The Morgan fingerprint density at radius 2 is 2.43 bits per heavy atom. The van der Waals surface area contributed by atoms with Gasteiger partial charge in [-0.25, -0.2) is 4.39 Å². The number of carbonyl (C=O) groups is 1. The maximum Gasteiger partial charge on any atom is 0.182 e. The molecule has 1 rings (SSSR count). The first-order chi connectivity index (χ1) is 6.66. The number of nitrogens with two attached hydrogens (primary N) is 1. The van der Waals surface area contributed by atoms with Gasteiger partial charge in [-0.2, -0.15) is 0 Å². The zero-order valence-corrected chi connectivity index (χ0v) is 8.03. The molecule has 0 amide bonds. The number of hydrogen-bond acceptors (Lipinski definition) is 3. The van der Waals surface area contributed by atoms with Crippen molar-refractivity contribution >= 4 is 5.78 Å². The molecule has 1 aromatic rings. The van der Waals surface area contributed by atoms with Crippen molar-refractivity contribution in [3.63, 3.8) is 0 Å². The number of carbonyl (C=O) groups excluding carboxylic acids is 1. The van der Waals surface area contributed by atoms with E-state index in [1.54, 1.807) is 0 Å². The van der Waals surface area contributed by atoms with Gasteiger partial charge in [0.15, 0.2) is 11.6 Å². The van der Waals surface area contributed by atoms with Gasteiger partial charge < -0.3 is 5.73 Å². The predicted molar refractivity (Wildman–Crippen MR) is 51.4 cm³/mol. The van der Waals surface area contributed by atoms with Crippen LogP contribution in [0.1, 0.15) is 30.1 Å². The maximum absolute atomic E-state index is 13.1. The van der Waals surface area contributed by atoms with E-state index in [4.69, 9.17) is 5.73 Å². The van der Waals surface area contributed by atoms with Crippen LogP contribution in [-0.4, -0.2) is 16.8 Å². The van der Waals surface area contributed by atoms with Crippen LogP contribution >= 0.6 is 0 Å². The largest absolute Gasteiger partial charge is 0.321 e. The summed E-state index contributed by atoms with van der Waals surface area (Å²) in [5, 5.41) is 0. The van der Waals surface area contributed by atoms with E-state index in [0.29, 0.717) is 6.42 Å². The fraction of sp³-hybridized carbons (Fsp3) is 0.400. The van der Waals surface area contributed by atoms with E-state index in [9.17, 15) is 9.18 Å². The number of aromatic nitrogens is 1. The number of ketones is 1. The van der Waals surface area contributed by atoms with Gasteiger partial charge in [-0.3, -0.25) is 9.78 Å². The van der Waals surface area contributed by atoms with E-state index >= 15 is 0 Å². The number of nitrogens with zero attached hydrogens (tertiary/aromatic N) is 1. The van der Waals surface area contributed by atoms with Gasteiger partial charge >= 0.3 is 0 Å². The lowest BCUT2D eigenvalue weighted by molar-refractivity contribution is 0.0952. The predicted octanol–water partition coefficient (Wildman–Crippen LogP) is 1.53. The number of pyridine rings is 1. The first-order valence-corrected chi connectivity index (χ1v) is 4.56. The smallest absolute Gasteiger partial charge is 0.182 e. The zero-order valence-electron chi connectivity index (χ0n) is 8.03. The molecule has 0 saturated heterocycles. The van der Waals surface area contributed by atoms with E-state index in [2.05, 4.69) is 4.98 Å². The van der Waals surface area contributed by atoms with Crippen molar-refractivity contribution in [1.82, 2.24) is 4.98 Å². The molecule has 1 aromatic heterocycles. The van der Waals surface area contributed by atoms with Crippen LogP contribution in [0.5, 0.6) is 0 Å². The summed E-state index contributed by atoms with van der Waals surface area (Å²) in [4.78, 5) is 15.1. The summed E-state index contributed by atoms with van der Waals surface area (Å²) < 4.78 is 13.1. The third-order valence-corrected chi connectivity index (χ3v) is 1.97. The van der Waals surface area contributed by atoms with Crippen molar-refractivity contribution in [3.8, 4) is 0 Å². The molecule has 0 saturated carbocycles. The molecule has 0 aromatic carbocycles. The summed E-state index contributed by atoms with van der Waals surface area (Å²) in [6.07, 6.45) is 3.78. The second kappa shape index (κ2) is 4.81. The van der Waals surface area contributed by atoms with Crippen LogP contribution in [0, 0.1) is 5.82 Å². The van der Waals surface area contributed by atoms with Gasteiger partial charge in [-0.1, -0.05) is 13.3 Å². The lowest BCUT2D eigenvalue weighted by atomic mass is 10.0. The summed E-state index contributed by atoms with van der Waals surface area (Å²) in [6, 6.07) is 0.740. The molecule has 4 heteroatoms. The van der Waals surface area contributed by atoms with E-state index in [1.165, 1.54) is 12.3 Å². The molecule has 0 aliphatic carbocycles. The SMILES string of the molecule is CCCC(N)C(=O)c1ccncc1F. The Kier molecular flexibility index (Phi) is 3.71. The molecule has 0 bridgehead atoms. The summed E-state index contributed by atoms with van der Waals surface area (Å²) in [5.74, 6) is -0.962. The third kappa shape index (κ3) is 2.35. The van der Waals surface area contributed by atoms with Gasteiger partial charge in [0.05, 0.1) is 17.8 Å². The summed E-state index contributed by atoms with van der Waals surface area (Å²) in [5.41, 5.74) is 5.62. The van der Waals surface area contributed by atoms with Crippen LogP contribution in [-0.2, 0) is 0 Å². The van der Waals surface area contributed by atoms with Crippen molar-refractivity contribution in [1.29, 1.82) is 0 Å². The minimum absolute atomic E-state index is 0.0287. The zero-order chi connectivity index (χ0) is 10.6. The molecule has 0 aliphatic rings. The molecule has 1 unspecified atom stereocenters. The molecular formula is C10H13FN2O. The van der Waals surface area contributed by atoms with Crippen LogP contribution < -0.4 is 5.73 Å². The lowest BCUT2D eigenvalue weighted by Crippen LogP contribution is -2.30. The first kappa shape index (κ1) is 10.8. The van der Waals surface area contributed by atoms with Gasteiger partial charge in [0.2, 0.25) is 0 Å². The van der Waals surface area contributed by atoms with Gasteiger partial charge in [-0.05, 0) is 12.5 Å². The Bertz CT molecular complexity index is 328. The molecule has 0 fully saturated rings. The Hall–Kier alpha value is -1.29. The van der Waals surface area contributed by atoms with E-state index in [0.717, 1.165) is 12.6 Å². The van der Waals surface area contributed by atoms with Crippen molar-refractivity contribution in [2.75, 3.05) is 0 Å². The second-order valence-corrected chi connectivity index (χ2v) is 3.11. The highest BCUT2D eigenvalue weighted by atomic mass is 19.1. The summed E-state index contributed by atoms with van der Waals surface area (Å²) in [7, 11) is 0. The fourth-order valence-corrected chi connectivity index (χ4v) is 1.22. The highest BCUT2D eigenvalue weighted by Gasteiger charge is 2.17. The molecule has 76 valence electrons. The molecule has 0 radical (unpaired) electrons. The van der Waals surface area contributed by atoms with Crippen molar-refractivity contribution in [2.24, 2.45) is 5.73 Å². The van der Waals surface area contributed by atoms with Crippen LogP contribution in [0.4, 0.5) is 4.39 Å². The summed E-state index contributed by atoms with van der Waals surface area (Å²) >= 11 is 0. The van der Waals surface area contributed by atoms with Crippen LogP contribution in [0.25, 0.3) is 0 Å². The Labute approximate surface area is 82.1 Å². The Morgan fingerprint density at radius 3 is 3.00 bits per heavy atom. The van der Waals surface area contributed by atoms with E-state index < -0.39 is 11.9 Å². The van der Waals surface area contributed by atoms with Crippen molar-refractivity contribution < 1.29 is 9.18 Å². The molecular weight excluding hydrogens is 183 g/mol. The molecule has 1 atom stereocenters. The van der Waals surface area contributed by atoms with Gasteiger partial charge in [0.25, 0.3) is 0 Å². The minimum atomic E-state index is -0.614. The number of halogens is 1. The van der Waals surface area contributed by atoms with Crippen LogP contribution in [0.15, 0.2) is 18.5 Å². The number of hydrogen-bond donors (Lipinski definition) is 1. The highest BCUT2D eigenvalue weighted by Crippen LogP contribution is 2.09. The molecule has 1 heterocycles. The van der Waals surface area contributed by atoms with Crippen LogP contribution in [0.3, 0.4) is 0 Å². The van der Waals surface area contributed by atoms with E-state index in [-0.39, 0.29) is 11.3 Å². The molecule has 0 aliphatic heterocycles. The monoisotopic (exact) mass is 196 g/mol. The standard InChI is InChI=1S/C10H13FN2O/c1-2-3-9(12)10(14)7-4-5-13-6-8(7)11/h4-6,9H,2-3,12H2,1H3. The van der Waals surface area contributed by atoms with Crippen LogP contribution in [0.2, 0.25) is 0 Å². The van der Waals surface area contributed by atoms with Gasteiger partial charge in [0, 0.05) is 6.20 Å². The van der Waals surface area contributed by atoms with Gasteiger partial charge in [-0.15, -0.1) is 0 Å². The highest BCUT2D eigenvalue weighted by molar-refractivity contribution is 6.00. The normalized spacial score (nSPS) is 12.5. The third-order valence-electron chi connectivity index (χ3n) is 1.97. The fourth-order valence-electron chi connectivity index (χ4n) is 1.22. The quantitative estimate of drug-likeness (QED) is 0.743. The van der Waals surface area contributed by atoms with Crippen molar-refractivity contribution in [2.45, 2.75) is 25.8 Å². The number of rotatable bonds is 4. The summed E-state index contributed by atoms with van der Waals surface area (Å²) in [6.45, 7) is 1.93. The van der Waals surface area contributed by atoms with Crippen molar-refractivity contribution in [3.05, 3.63) is 29.8 Å². The van der Waals surface area contributed by atoms with E-state index in [1.807, 2.05) is 6.92 Å². The molecule has 2 N–H and O–H groups in total.